The van der Waals surface area contributed by atoms with Gasteiger partial charge in [0.05, 0.1) is 0 Å². The number of aliphatic imine (C=N–C) groups is 1. The molecule has 0 aliphatic carbocycles. The molecule has 144 valence electrons. The third-order valence-corrected chi connectivity index (χ3v) is 4.62. The number of hydrogen-bond donors (Lipinski definition) is 2. The van der Waals surface area contributed by atoms with Crippen molar-refractivity contribution in [2.75, 3.05) is 25.1 Å². The topological polar surface area (TPSA) is 67.1 Å². The van der Waals surface area contributed by atoms with Gasteiger partial charge >= 0.3 is 0 Å². The molecule has 0 aliphatic heterocycles. The highest BCUT2D eigenvalue weighted by Crippen LogP contribution is 2.00. The van der Waals surface area contributed by atoms with Gasteiger partial charge in [-0.05, 0) is 37.3 Å². The molecule has 1 aromatic heterocycles. The van der Waals surface area contributed by atoms with Gasteiger partial charge in [0.15, 0.2) is 11.8 Å². The van der Waals surface area contributed by atoms with Crippen LogP contribution in [0.3, 0.4) is 0 Å². The van der Waals surface area contributed by atoms with E-state index < -0.39 is 0 Å². The van der Waals surface area contributed by atoms with E-state index in [1.807, 2.05) is 36.4 Å². The number of guanidine groups is 1. The van der Waals surface area contributed by atoms with Crippen molar-refractivity contribution in [2.45, 2.75) is 26.3 Å². The number of benzene rings is 1. The zero-order valence-corrected chi connectivity index (χ0v) is 18.9. The molecule has 0 radical (unpaired) electrons. The molecule has 0 spiro atoms. The first-order chi connectivity index (χ1) is 12.2. The lowest BCUT2D eigenvalue weighted by Crippen LogP contribution is -2.39. The zero-order valence-electron chi connectivity index (χ0n) is 15.7. The summed E-state index contributed by atoms with van der Waals surface area (Å²) >= 11 is 1.86. The molecule has 2 rings (SSSR count). The van der Waals surface area contributed by atoms with Crippen LogP contribution in [0.1, 0.15) is 23.6 Å². The molecule has 6 nitrogen and oxygen atoms in total. The molecule has 0 atom stereocenters. The van der Waals surface area contributed by atoms with Gasteiger partial charge in [-0.2, -0.15) is 11.8 Å². The molecule has 0 saturated heterocycles. The Morgan fingerprint density at radius 3 is 2.54 bits per heavy atom. The largest absolute Gasteiger partial charge is 0.356 e. The number of aromatic nitrogens is 3. The van der Waals surface area contributed by atoms with E-state index >= 15 is 0 Å². The van der Waals surface area contributed by atoms with Crippen LogP contribution in [0, 0.1) is 6.92 Å². The van der Waals surface area contributed by atoms with E-state index in [9.17, 15) is 0 Å². The summed E-state index contributed by atoms with van der Waals surface area (Å²) in [5.74, 6) is 3.74. The summed E-state index contributed by atoms with van der Waals surface area (Å²) in [5, 5.41) is 15.1. The number of hydrogen-bond acceptors (Lipinski definition) is 4. The minimum atomic E-state index is 0. The highest BCUT2D eigenvalue weighted by Gasteiger charge is 2.05. The van der Waals surface area contributed by atoms with Gasteiger partial charge in [-0.3, -0.25) is 0 Å². The first-order valence-electron chi connectivity index (χ1n) is 8.60. The van der Waals surface area contributed by atoms with Gasteiger partial charge in [0, 0.05) is 20.1 Å². The van der Waals surface area contributed by atoms with E-state index in [1.54, 1.807) is 0 Å². The third-order valence-electron chi connectivity index (χ3n) is 3.93. The Bertz CT molecular complexity index is 659. The first kappa shape index (κ1) is 22.8. The summed E-state index contributed by atoms with van der Waals surface area (Å²) in [5.41, 5.74) is 1.32. The first-order valence-corrected chi connectivity index (χ1v) is 10.00. The lowest BCUT2D eigenvalue weighted by molar-refractivity contribution is 0.742. The molecule has 0 fully saturated rings. The maximum atomic E-state index is 4.66. The molecule has 0 bridgehead atoms. The Morgan fingerprint density at radius 1 is 1.15 bits per heavy atom. The van der Waals surface area contributed by atoms with Gasteiger partial charge in [0.25, 0.3) is 0 Å². The van der Waals surface area contributed by atoms with Crippen LogP contribution < -0.4 is 10.6 Å². The van der Waals surface area contributed by atoms with Crippen LogP contribution in [0.5, 0.6) is 0 Å². The Morgan fingerprint density at radius 2 is 1.88 bits per heavy atom. The normalized spacial score (nSPS) is 11.1. The van der Waals surface area contributed by atoms with Crippen LogP contribution in [-0.2, 0) is 20.0 Å². The number of rotatable bonds is 9. The molecule has 2 aromatic rings. The fourth-order valence-corrected chi connectivity index (χ4v) is 2.74. The molecule has 2 N–H and O–H groups in total. The summed E-state index contributed by atoms with van der Waals surface area (Å²) in [6, 6.07) is 10.5. The number of halogens is 1. The van der Waals surface area contributed by atoms with Crippen molar-refractivity contribution in [3.63, 3.8) is 0 Å². The Hall–Kier alpha value is -1.29. The van der Waals surface area contributed by atoms with E-state index in [4.69, 9.17) is 0 Å². The second-order valence-corrected chi connectivity index (χ2v) is 6.81. The number of thioether (sulfide) groups is 1. The molecule has 26 heavy (non-hydrogen) atoms. The van der Waals surface area contributed by atoms with Crippen LogP contribution in [0.4, 0.5) is 0 Å². The van der Waals surface area contributed by atoms with Crippen LogP contribution in [0.2, 0.25) is 0 Å². The predicted molar refractivity (Wildman–Crippen MR) is 121 cm³/mol. The molecule has 1 aromatic carbocycles. The average Bonchev–Trinajstić information content (AvgIpc) is 2.95. The van der Waals surface area contributed by atoms with Crippen LogP contribution in [-0.4, -0.2) is 45.8 Å². The summed E-state index contributed by atoms with van der Waals surface area (Å²) in [4.78, 5) is 4.66. The van der Waals surface area contributed by atoms with E-state index in [0.29, 0.717) is 6.54 Å². The van der Waals surface area contributed by atoms with E-state index in [2.05, 4.69) is 56.3 Å². The lowest BCUT2D eigenvalue weighted by atomic mass is 10.1. The monoisotopic (exact) mass is 488 g/mol. The Kier molecular flexibility index (Phi) is 11.3. The smallest absolute Gasteiger partial charge is 0.191 e. The van der Waals surface area contributed by atoms with Crippen molar-refractivity contribution in [3.05, 3.63) is 47.5 Å². The van der Waals surface area contributed by atoms with E-state index in [1.165, 1.54) is 5.56 Å². The standard InChI is InChI=1S/C18H28N6S.HI/c1-15-22-23-17(24(15)2)14-21-18(19-11-7-13-25-3)20-12-10-16-8-5-4-6-9-16;/h4-6,8-9H,7,10-14H2,1-3H3,(H2,19,20,21);1H. The van der Waals surface area contributed by atoms with Gasteiger partial charge in [-0.15, -0.1) is 34.2 Å². The quantitative estimate of drug-likeness (QED) is 0.246. The minimum Gasteiger partial charge on any atom is -0.356 e. The molecule has 0 saturated carbocycles. The van der Waals surface area contributed by atoms with Crippen molar-refractivity contribution in [1.82, 2.24) is 25.4 Å². The molecule has 0 aliphatic rings. The SMILES string of the molecule is CSCCCNC(=NCc1nnc(C)n1C)NCCc1ccccc1.I. The zero-order chi connectivity index (χ0) is 17.9. The third kappa shape index (κ3) is 7.94. The Balaban J connectivity index is 0.00000338. The fourth-order valence-electron chi connectivity index (χ4n) is 2.31. The maximum absolute atomic E-state index is 4.66. The highest BCUT2D eigenvalue weighted by atomic mass is 127. The van der Waals surface area contributed by atoms with Gasteiger partial charge in [0.1, 0.15) is 12.4 Å². The van der Waals surface area contributed by atoms with Gasteiger partial charge in [-0.25, -0.2) is 4.99 Å². The lowest BCUT2D eigenvalue weighted by Gasteiger charge is -2.12. The van der Waals surface area contributed by atoms with Gasteiger partial charge < -0.3 is 15.2 Å². The van der Waals surface area contributed by atoms with E-state index in [-0.39, 0.29) is 24.0 Å². The number of nitrogens with one attached hydrogen (secondary N) is 2. The second-order valence-electron chi connectivity index (χ2n) is 5.82. The van der Waals surface area contributed by atoms with Crippen LogP contribution in [0.15, 0.2) is 35.3 Å². The second kappa shape index (κ2) is 13.0. The predicted octanol–water partition coefficient (Wildman–Crippen LogP) is 2.77. The van der Waals surface area contributed by atoms with Crippen molar-refractivity contribution in [3.8, 4) is 0 Å². The summed E-state index contributed by atoms with van der Waals surface area (Å²) in [6.45, 7) is 4.21. The van der Waals surface area contributed by atoms with Crippen LogP contribution >= 0.6 is 35.7 Å². The van der Waals surface area contributed by atoms with Gasteiger partial charge in [-0.1, -0.05) is 30.3 Å². The summed E-state index contributed by atoms with van der Waals surface area (Å²) < 4.78 is 1.97. The Labute approximate surface area is 177 Å². The average molecular weight is 488 g/mol. The molecular formula is C18H29IN6S. The molecule has 8 heteroatoms. The molecule has 0 unspecified atom stereocenters. The number of aryl methyl sites for hydroxylation is 1. The van der Waals surface area contributed by atoms with Crippen LogP contribution in [0.25, 0.3) is 0 Å². The molecule has 0 amide bonds. The van der Waals surface area contributed by atoms with E-state index in [0.717, 1.165) is 49.3 Å². The number of nitrogens with zero attached hydrogens (tertiary/aromatic N) is 4. The van der Waals surface area contributed by atoms with Gasteiger partial charge in [0.2, 0.25) is 0 Å². The van der Waals surface area contributed by atoms with Crippen molar-refractivity contribution >= 4 is 41.7 Å². The maximum Gasteiger partial charge on any atom is 0.191 e. The minimum absolute atomic E-state index is 0. The highest BCUT2D eigenvalue weighted by molar-refractivity contribution is 14.0. The molecule has 1 heterocycles. The molecular weight excluding hydrogens is 459 g/mol. The van der Waals surface area contributed by atoms with Crippen molar-refractivity contribution in [2.24, 2.45) is 12.0 Å². The summed E-state index contributed by atoms with van der Waals surface area (Å²) in [7, 11) is 1.97. The summed E-state index contributed by atoms with van der Waals surface area (Å²) in [6.07, 6.45) is 4.21. The van der Waals surface area contributed by atoms with Crippen molar-refractivity contribution in [1.29, 1.82) is 0 Å². The fraction of sp³-hybridized carbons (Fsp3) is 0.500. The van der Waals surface area contributed by atoms with Crippen molar-refractivity contribution < 1.29 is 0 Å².